The van der Waals surface area contributed by atoms with E-state index in [2.05, 4.69) is 10.4 Å². The quantitative estimate of drug-likeness (QED) is 0.666. The predicted octanol–water partition coefficient (Wildman–Crippen LogP) is -1.11. The van der Waals surface area contributed by atoms with E-state index in [1.54, 1.807) is 13.2 Å². The van der Waals surface area contributed by atoms with Gasteiger partial charge in [-0.05, 0) is 7.05 Å². The van der Waals surface area contributed by atoms with Crippen LogP contribution in [-0.4, -0.2) is 48.7 Å². The largest absolute Gasteiger partial charge is 0.390 e. The highest BCUT2D eigenvalue weighted by atomic mass is 16.3. The first-order valence-electron chi connectivity index (χ1n) is 5.11. The van der Waals surface area contributed by atoms with Crippen molar-refractivity contribution in [3.8, 4) is 0 Å². The number of aromatic nitrogens is 2. The van der Waals surface area contributed by atoms with E-state index in [1.165, 1.54) is 10.7 Å². The average Bonchev–Trinajstić information content (AvgIpc) is 2.21. The third-order valence-electron chi connectivity index (χ3n) is 2.19. The van der Waals surface area contributed by atoms with Gasteiger partial charge in [0, 0.05) is 26.7 Å². The molecule has 1 aromatic heterocycles. The van der Waals surface area contributed by atoms with Gasteiger partial charge in [0.15, 0.2) is 0 Å². The molecule has 1 heterocycles. The van der Waals surface area contributed by atoms with Gasteiger partial charge < -0.3 is 15.3 Å². The Morgan fingerprint density at radius 2 is 2.31 bits per heavy atom. The summed E-state index contributed by atoms with van der Waals surface area (Å²) in [6, 6.07) is 1.50. The molecule has 1 aromatic rings. The van der Waals surface area contributed by atoms with Gasteiger partial charge >= 0.3 is 0 Å². The summed E-state index contributed by atoms with van der Waals surface area (Å²) in [5.41, 5.74) is 0.547. The summed E-state index contributed by atoms with van der Waals surface area (Å²) in [6.45, 7) is 0.636. The van der Waals surface area contributed by atoms with Gasteiger partial charge in [-0.2, -0.15) is 5.10 Å². The first kappa shape index (κ1) is 12.7. The summed E-state index contributed by atoms with van der Waals surface area (Å²) in [5, 5.41) is 16.4. The number of likely N-dealkylation sites (N-methyl/N-ethyl adjacent to an activating group) is 1. The van der Waals surface area contributed by atoms with Crippen molar-refractivity contribution in [3.63, 3.8) is 0 Å². The molecule has 1 rings (SSSR count). The van der Waals surface area contributed by atoms with Crippen LogP contribution in [0.25, 0.3) is 0 Å². The maximum absolute atomic E-state index is 11.6. The third kappa shape index (κ3) is 3.32. The molecule has 0 amide bonds. The molecule has 0 saturated heterocycles. The Hall–Kier alpha value is -1.40. The van der Waals surface area contributed by atoms with Crippen molar-refractivity contribution in [2.24, 2.45) is 0 Å². The van der Waals surface area contributed by atoms with Gasteiger partial charge in [-0.15, -0.1) is 0 Å². The van der Waals surface area contributed by atoms with Crippen molar-refractivity contribution in [2.45, 2.75) is 12.6 Å². The molecule has 6 nitrogen and oxygen atoms in total. The Balaban J connectivity index is 2.79. The van der Waals surface area contributed by atoms with Crippen LogP contribution in [0.1, 0.15) is 0 Å². The second-order valence-electron chi connectivity index (χ2n) is 3.84. The van der Waals surface area contributed by atoms with Crippen molar-refractivity contribution in [2.75, 3.05) is 32.6 Å². The molecule has 0 spiro atoms. The van der Waals surface area contributed by atoms with Crippen molar-refractivity contribution < 1.29 is 5.11 Å². The summed E-state index contributed by atoms with van der Waals surface area (Å²) in [6.07, 6.45) is 0.994. The number of aliphatic hydroxyl groups excluding tert-OH is 1. The molecule has 1 unspecified atom stereocenters. The zero-order chi connectivity index (χ0) is 12.1. The van der Waals surface area contributed by atoms with E-state index in [-0.39, 0.29) is 12.1 Å². The Morgan fingerprint density at radius 3 is 2.81 bits per heavy atom. The number of hydrogen-bond acceptors (Lipinski definition) is 5. The van der Waals surface area contributed by atoms with Crippen molar-refractivity contribution in [3.05, 3.63) is 22.6 Å². The van der Waals surface area contributed by atoms with Crippen LogP contribution in [0.5, 0.6) is 0 Å². The van der Waals surface area contributed by atoms with Crippen LogP contribution >= 0.6 is 0 Å². The minimum absolute atomic E-state index is 0.202. The molecule has 2 N–H and O–H groups in total. The molecule has 0 aromatic carbocycles. The topological polar surface area (TPSA) is 70.4 Å². The molecular formula is C10H18N4O2. The van der Waals surface area contributed by atoms with Gasteiger partial charge in [-0.1, -0.05) is 0 Å². The Morgan fingerprint density at radius 1 is 1.62 bits per heavy atom. The lowest BCUT2D eigenvalue weighted by molar-refractivity contribution is 0.147. The van der Waals surface area contributed by atoms with E-state index in [0.717, 1.165) is 5.69 Å². The number of rotatable bonds is 5. The standard InChI is InChI=1S/C10H18N4O2/c1-11-6-9(15)7-14-10(16)4-8(5-12-14)13(2)3/h4-5,9,11,15H,6-7H2,1-3H3. The van der Waals surface area contributed by atoms with Gasteiger partial charge in [-0.25, -0.2) is 4.68 Å². The Kier molecular flexibility index (Phi) is 4.45. The van der Waals surface area contributed by atoms with Gasteiger partial charge in [-0.3, -0.25) is 4.79 Å². The fraction of sp³-hybridized carbons (Fsp3) is 0.600. The first-order valence-corrected chi connectivity index (χ1v) is 5.11. The highest BCUT2D eigenvalue weighted by molar-refractivity contribution is 5.40. The summed E-state index contributed by atoms with van der Waals surface area (Å²) in [4.78, 5) is 13.4. The van der Waals surface area contributed by atoms with E-state index in [1.807, 2.05) is 19.0 Å². The fourth-order valence-electron chi connectivity index (χ4n) is 1.31. The lowest BCUT2D eigenvalue weighted by Gasteiger charge is -2.14. The highest BCUT2D eigenvalue weighted by Crippen LogP contribution is 2.03. The van der Waals surface area contributed by atoms with E-state index < -0.39 is 6.10 Å². The Labute approximate surface area is 94.5 Å². The lowest BCUT2D eigenvalue weighted by atomic mass is 10.3. The van der Waals surface area contributed by atoms with Gasteiger partial charge in [0.05, 0.1) is 24.5 Å². The smallest absolute Gasteiger partial charge is 0.268 e. The second kappa shape index (κ2) is 5.62. The SMILES string of the molecule is CNCC(O)Cn1ncc(N(C)C)cc1=O. The van der Waals surface area contributed by atoms with Gasteiger partial charge in [0.2, 0.25) is 0 Å². The number of nitrogens with one attached hydrogen (secondary N) is 1. The minimum atomic E-state index is -0.611. The van der Waals surface area contributed by atoms with Crippen LogP contribution in [0.4, 0.5) is 5.69 Å². The molecule has 90 valence electrons. The number of aliphatic hydroxyl groups is 1. The predicted molar refractivity (Wildman–Crippen MR) is 62.8 cm³/mol. The minimum Gasteiger partial charge on any atom is -0.390 e. The monoisotopic (exact) mass is 226 g/mol. The van der Waals surface area contributed by atoms with Crippen LogP contribution < -0.4 is 15.8 Å². The third-order valence-corrected chi connectivity index (χ3v) is 2.19. The van der Waals surface area contributed by atoms with Crippen molar-refractivity contribution >= 4 is 5.69 Å². The number of hydrogen-bond donors (Lipinski definition) is 2. The summed E-state index contributed by atoms with van der Waals surface area (Å²) < 4.78 is 1.26. The highest BCUT2D eigenvalue weighted by Gasteiger charge is 2.07. The molecule has 1 atom stereocenters. The van der Waals surface area contributed by atoms with E-state index in [9.17, 15) is 9.90 Å². The zero-order valence-corrected chi connectivity index (χ0v) is 9.84. The van der Waals surface area contributed by atoms with Crippen LogP contribution in [0.15, 0.2) is 17.1 Å². The molecule has 16 heavy (non-hydrogen) atoms. The maximum atomic E-state index is 11.6. The maximum Gasteiger partial charge on any atom is 0.268 e. The molecule has 6 heteroatoms. The van der Waals surface area contributed by atoms with Gasteiger partial charge in [0.25, 0.3) is 5.56 Å². The summed E-state index contributed by atoms with van der Waals surface area (Å²) in [5.74, 6) is 0. The van der Waals surface area contributed by atoms with E-state index >= 15 is 0 Å². The molecule has 0 aliphatic heterocycles. The molecule has 0 aliphatic carbocycles. The average molecular weight is 226 g/mol. The van der Waals surface area contributed by atoms with Crippen LogP contribution in [-0.2, 0) is 6.54 Å². The second-order valence-corrected chi connectivity index (χ2v) is 3.84. The van der Waals surface area contributed by atoms with Crippen LogP contribution in [0.3, 0.4) is 0 Å². The van der Waals surface area contributed by atoms with Gasteiger partial charge in [0.1, 0.15) is 0 Å². The first-order chi connectivity index (χ1) is 7.54. The van der Waals surface area contributed by atoms with E-state index in [0.29, 0.717) is 6.54 Å². The molecule has 0 bridgehead atoms. The Bertz CT molecular complexity index is 389. The lowest BCUT2D eigenvalue weighted by Crippen LogP contribution is -2.34. The van der Waals surface area contributed by atoms with Crippen LogP contribution in [0.2, 0.25) is 0 Å². The molecule has 0 saturated carbocycles. The molecule has 0 radical (unpaired) electrons. The number of anilines is 1. The van der Waals surface area contributed by atoms with E-state index in [4.69, 9.17) is 0 Å². The normalized spacial score (nSPS) is 12.5. The van der Waals surface area contributed by atoms with Crippen molar-refractivity contribution in [1.82, 2.24) is 15.1 Å². The number of nitrogens with zero attached hydrogens (tertiary/aromatic N) is 3. The van der Waals surface area contributed by atoms with Crippen molar-refractivity contribution in [1.29, 1.82) is 0 Å². The summed E-state index contributed by atoms with van der Waals surface area (Å²) >= 11 is 0. The summed E-state index contributed by atoms with van der Waals surface area (Å²) in [7, 11) is 5.43. The zero-order valence-electron chi connectivity index (χ0n) is 9.84. The fourth-order valence-corrected chi connectivity index (χ4v) is 1.31. The molecule has 0 fully saturated rings. The molecule has 0 aliphatic rings. The molecular weight excluding hydrogens is 208 g/mol. The van der Waals surface area contributed by atoms with Crippen LogP contribution in [0, 0.1) is 0 Å².